The number of hydrogen-bond acceptors (Lipinski definition) is 8. The summed E-state index contributed by atoms with van der Waals surface area (Å²) in [7, 11) is -1.35. The summed E-state index contributed by atoms with van der Waals surface area (Å²) in [5.74, 6) is 0.00394. The van der Waals surface area contributed by atoms with E-state index in [1.54, 1.807) is 72.8 Å². The van der Waals surface area contributed by atoms with Crippen molar-refractivity contribution in [1.29, 1.82) is 0 Å². The number of hydrogen-bond donors (Lipinski definition) is 2. The van der Waals surface area contributed by atoms with Gasteiger partial charge in [-0.15, -0.1) is 0 Å². The molecule has 0 aliphatic carbocycles. The van der Waals surface area contributed by atoms with Gasteiger partial charge in [0, 0.05) is 16.8 Å². The van der Waals surface area contributed by atoms with E-state index in [4.69, 9.17) is 25.8 Å². The largest absolute Gasteiger partial charge is 0.497 e. The second-order valence-electron chi connectivity index (χ2n) is 9.57. The van der Waals surface area contributed by atoms with Crippen molar-refractivity contribution >= 4 is 51.0 Å². The summed E-state index contributed by atoms with van der Waals surface area (Å²) in [6.07, 6.45) is 1.39. The minimum Gasteiger partial charge on any atom is -0.497 e. The van der Waals surface area contributed by atoms with E-state index in [0.717, 1.165) is 9.87 Å². The summed E-state index contributed by atoms with van der Waals surface area (Å²) in [6, 6.07) is 24.3. The van der Waals surface area contributed by atoms with Crippen LogP contribution in [0.4, 0.5) is 11.4 Å². The zero-order valence-electron chi connectivity index (χ0n) is 24.7. The van der Waals surface area contributed by atoms with Crippen molar-refractivity contribution in [2.45, 2.75) is 11.8 Å². The smallest absolute Gasteiger partial charge is 0.264 e. The fourth-order valence-corrected chi connectivity index (χ4v) is 5.65. The van der Waals surface area contributed by atoms with E-state index in [1.807, 2.05) is 6.92 Å². The average Bonchev–Trinajstić information content (AvgIpc) is 3.03. The third kappa shape index (κ3) is 8.97. The fourth-order valence-electron chi connectivity index (χ4n) is 4.04. The van der Waals surface area contributed by atoms with Crippen molar-refractivity contribution in [3.63, 3.8) is 0 Å². The Bertz CT molecular complexity index is 1780. The number of halogens is 1. The van der Waals surface area contributed by atoms with Crippen LogP contribution in [0.2, 0.25) is 5.02 Å². The number of carbonyl (C=O) groups is 2. The lowest BCUT2D eigenvalue weighted by Crippen LogP contribution is -2.39. The second-order valence-corrected chi connectivity index (χ2v) is 11.9. The highest BCUT2D eigenvalue weighted by molar-refractivity contribution is 7.92. The van der Waals surface area contributed by atoms with Crippen molar-refractivity contribution in [2.24, 2.45) is 5.10 Å². The molecule has 4 aromatic rings. The molecule has 4 aromatic carbocycles. The standard InChI is InChI=1S/C32H31ClN4O7S/c1-22-7-14-28(15-8-22)45(40,41)37(29-18-27(42-2)13-16-30(29)43-3)20-31(38)36-34-19-23-9-11-26(12-10-23)44-21-32(39)35-25-6-4-5-24(33)17-25/h4-19H,20-21H2,1-3H3,(H,35,39)(H,36,38)/b34-19-. The topological polar surface area (TPSA) is 136 Å². The van der Waals surface area contributed by atoms with Gasteiger partial charge in [0.15, 0.2) is 6.61 Å². The lowest BCUT2D eigenvalue weighted by atomic mass is 10.2. The summed E-state index contributed by atoms with van der Waals surface area (Å²) in [6.45, 7) is 1.03. The number of aryl methyl sites for hydroxylation is 1. The molecule has 0 aromatic heterocycles. The molecule has 2 N–H and O–H groups in total. The highest BCUT2D eigenvalue weighted by Gasteiger charge is 2.30. The first-order valence-electron chi connectivity index (χ1n) is 13.5. The molecular formula is C32H31ClN4O7S. The van der Waals surface area contributed by atoms with Crippen molar-refractivity contribution in [2.75, 3.05) is 37.0 Å². The number of nitrogens with zero attached hydrogens (tertiary/aromatic N) is 2. The van der Waals surface area contributed by atoms with Crippen molar-refractivity contribution in [1.82, 2.24) is 5.43 Å². The maximum atomic E-state index is 13.7. The first-order valence-corrected chi connectivity index (χ1v) is 15.3. The second kappa shape index (κ2) is 15.1. The van der Waals surface area contributed by atoms with E-state index in [-0.39, 0.29) is 28.8 Å². The zero-order valence-corrected chi connectivity index (χ0v) is 26.3. The number of carbonyl (C=O) groups excluding carboxylic acids is 2. The predicted octanol–water partition coefficient (Wildman–Crippen LogP) is 5.03. The number of nitrogens with one attached hydrogen (secondary N) is 2. The molecule has 0 atom stereocenters. The summed E-state index contributed by atoms with van der Waals surface area (Å²) in [5, 5.41) is 7.17. The lowest BCUT2D eigenvalue weighted by molar-refractivity contribution is -0.119. The van der Waals surface area contributed by atoms with Gasteiger partial charge in [-0.05, 0) is 79.2 Å². The molecule has 0 heterocycles. The Morgan fingerprint density at radius 2 is 1.60 bits per heavy atom. The first kappa shape index (κ1) is 32.8. The van der Waals surface area contributed by atoms with E-state index in [1.165, 1.54) is 38.6 Å². The summed E-state index contributed by atoms with van der Waals surface area (Å²) in [5.41, 5.74) is 4.54. The Kier molecular flexibility index (Phi) is 11.0. The number of ether oxygens (including phenoxy) is 3. The van der Waals surface area contributed by atoms with Gasteiger partial charge in [0.25, 0.3) is 21.8 Å². The highest BCUT2D eigenvalue weighted by Crippen LogP contribution is 2.35. The molecule has 0 aliphatic rings. The molecule has 0 radical (unpaired) electrons. The molecule has 234 valence electrons. The van der Waals surface area contributed by atoms with E-state index in [9.17, 15) is 18.0 Å². The van der Waals surface area contributed by atoms with Gasteiger partial charge in [-0.25, -0.2) is 13.8 Å². The summed E-state index contributed by atoms with van der Waals surface area (Å²) in [4.78, 5) is 25.2. The third-order valence-corrected chi connectivity index (χ3v) is 8.32. The highest BCUT2D eigenvalue weighted by atomic mass is 35.5. The van der Waals surface area contributed by atoms with E-state index in [0.29, 0.717) is 27.8 Å². The van der Waals surface area contributed by atoms with Gasteiger partial charge in [-0.3, -0.25) is 13.9 Å². The van der Waals surface area contributed by atoms with Gasteiger partial charge in [-0.2, -0.15) is 5.10 Å². The Morgan fingerprint density at radius 1 is 0.889 bits per heavy atom. The van der Waals surface area contributed by atoms with Gasteiger partial charge in [0.05, 0.1) is 31.0 Å². The van der Waals surface area contributed by atoms with Crippen LogP contribution in [0.25, 0.3) is 0 Å². The Balaban J connectivity index is 1.41. The van der Waals surface area contributed by atoms with Crippen molar-refractivity contribution < 1.29 is 32.2 Å². The minimum atomic E-state index is -4.20. The van der Waals surface area contributed by atoms with Gasteiger partial charge in [0.1, 0.15) is 23.8 Å². The zero-order chi connectivity index (χ0) is 32.4. The van der Waals surface area contributed by atoms with Crippen LogP contribution in [-0.4, -0.2) is 53.8 Å². The van der Waals surface area contributed by atoms with Gasteiger partial charge in [-0.1, -0.05) is 35.4 Å². The Morgan fingerprint density at radius 3 is 2.27 bits per heavy atom. The SMILES string of the molecule is COc1ccc(OC)c(N(CC(=O)N/N=C\c2ccc(OCC(=O)Nc3cccc(Cl)c3)cc2)S(=O)(=O)c2ccc(C)cc2)c1. The molecule has 0 spiro atoms. The molecule has 0 fully saturated rings. The minimum absolute atomic E-state index is 0.00136. The van der Waals surface area contributed by atoms with Crippen LogP contribution in [0.1, 0.15) is 11.1 Å². The molecule has 0 saturated carbocycles. The van der Waals surface area contributed by atoms with Crippen LogP contribution in [0.15, 0.2) is 101 Å². The summed E-state index contributed by atoms with van der Waals surface area (Å²) < 4.78 is 44.6. The van der Waals surface area contributed by atoms with Gasteiger partial charge >= 0.3 is 0 Å². The fraction of sp³-hybridized carbons (Fsp3) is 0.156. The van der Waals surface area contributed by atoms with Crippen molar-refractivity contribution in [3.05, 3.63) is 107 Å². The quantitative estimate of drug-likeness (QED) is 0.153. The van der Waals surface area contributed by atoms with E-state index >= 15 is 0 Å². The predicted molar refractivity (Wildman–Crippen MR) is 173 cm³/mol. The molecule has 4 rings (SSSR count). The number of rotatable bonds is 13. The van der Waals surface area contributed by atoms with Crippen LogP contribution < -0.4 is 29.3 Å². The van der Waals surface area contributed by atoms with Crippen LogP contribution in [-0.2, 0) is 19.6 Å². The molecule has 11 nitrogen and oxygen atoms in total. The summed E-state index contributed by atoms with van der Waals surface area (Å²) >= 11 is 5.93. The first-order chi connectivity index (χ1) is 21.6. The van der Waals surface area contributed by atoms with Crippen LogP contribution in [0, 0.1) is 6.92 Å². The molecule has 2 amide bonds. The Labute approximate surface area is 266 Å². The molecule has 0 bridgehead atoms. The average molecular weight is 651 g/mol. The number of benzene rings is 4. The van der Waals surface area contributed by atoms with Gasteiger partial charge in [0.2, 0.25) is 0 Å². The van der Waals surface area contributed by atoms with E-state index < -0.39 is 22.5 Å². The monoisotopic (exact) mass is 650 g/mol. The number of hydrazone groups is 1. The van der Waals surface area contributed by atoms with E-state index in [2.05, 4.69) is 15.8 Å². The normalized spacial score (nSPS) is 11.1. The molecule has 13 heteroatoms. The molecule has 45 heavy (non-hydrogen) atoms. The molecule has 0 unspecified atom stereocenters. The molecule has 0 saturated heterocycles. The maximum Gasteiger partial charge on any atom is 0.264 e. The van der Waals surface area contributed by atoms with Gasteiger partial charge < -0.3 is 19.5 Å². The number of sulfonamides is 1. The van der Waals surface area contributed by atoms with Crippen LogP contribution >= 0.6 is 11.6 Å². The Hall–Kier alpha value is -5.07. The number of methoxy groups -OCH3 is 2. The van der Waals surface area contributed by atoms with Crippen LogP contribution in [0.3, 0.4) is 0 Å². The maximum absolute atomic E-state index is 13.7. The number of amides is 2. The lowest BCUT2D eigenvalue weighted by Gasteiger charge is -2.25. The van der Waals surface area contributed by atoms with Crippen LogP contribution in [0.5, 0.6) is 17.2 Å². The molecular weight excluding hydrogens is 620 g/mol. The third-order valence-electron chi connectivity index (χ3n) is 6.31. The molecule has 0 aliphatic heterocycles. The van der Waals surface area contributed by atoms with Crippen molar-refractivity contribution in [3.8, 4) is 17.2 Å². The number of anilines is 2.